The molecular weight excluding hydrogens is 236 g/mol. The highest BCUT2D eigenvalue weighted by Gasteiger charge is 2.44. The zero-order valence-corrected chi connectivity index (χ0v) is 10.4. The van der Waals surface area contributed by atoms with Crippen LogP contribution in [0.4, 0.5) is 0 Å². The molecule has 4 heteroatoms. The number of halogens is 1. The van der Waals surface area contributed by atoms with Crippen molar-refractivity contribution in [3.63, 3.8) is 0 Å². The maximum atomic E-state index is 12.1. The molecule has 1 aromatic rings. The van der Waals surface area contributed by atoms with Gasteiger partial charge in [0, 0.05) is 11.1 Å². The zero-order chi connectivity index (χ0) is 12.0. The van der Waals surface area contributed by atoms with E-state index in [-0.39, 0.29) is 18.1 Å². The van der Waals surface area contributed by atoms with E-state index in [1.54, 1.807) is 0 Å². The largest absolute Gasteiger partial charge is 0.319 e. The molecule has 1 amide bonds. The molecule has 3 rings (SSSR count). The summed E-state index contributed by atoms with van der Waals surface area (Å²) in [6.45, 7) is 1.92. The number of hydrogen-bond donors (Lipinski definition) is 1. The minimum Gasteiger partial charge on any atom is -0.319 e. The smallest absolute Gasteiger partial charge is 0.241 e. The number of amides is 1. The van der Waals surface area contributed by atoms with Gasteiger partial charge in [0.05, 0.1) is 6.04 Å². The highest BCUT2D eigenvalue weighted by molar-refractivity contribution is 6.30. The molecule has 1 N–H and O–H groups in total. The molecule has 2 fully saturated rings. The van der Waals surface area contributed by atoms with Crippen LogP contribution >= 0.6 is 11.6 Å². The van der Waals surface area contributed by atoms with Crippen molar-refractivity contribution in [2.24, 2.45) is 0 Å². The van der Waals surface area contributed by atoms with Crippen LogP contribution in [0, 0.1) is 0 Å². The van der Waals surface area contributed by atoms with Crippen LogP contribution in [0.15, 0.2) is 24.3 Å². The molecule has 90 valence electrons. The van der Waals surface area contributed by atoms with Crippen molar-refractivity contribution in [3.8, 4) is 0 Å². The maximum absolute atomic E-state index is 12.1. The van der Waals surface area contributed by atoms with Crippen molar-refractivity contribution in [3.05, 3.63) is 34.9 Å². The van der Waals surface area contributed by atoms with Crippen molar-refractivity contribution in [2.75, 3.05) is 0 Å². The van der Waals surface area contributed by atoms with Crippen molar-refractivity contribution in [1.29, 1.82) is 0 Å². The van der Waals surface area contributed by atoms with E-state index in [0.717, 1.165) is 18.4 Å². The van der Waals surface area contributed by atoms with E-state index in [2.05, 4.69) is 5.32 Å². The van der Waals surface area contributed by atoms with Crippen LogP contribution in [0.5, 0.6) is 0 Å². The first kappa shape index (κ1) is 11.1. The van der Waals surface area contributed by atoms with Gasteiger partial charge in [-0.2, -0.15) is 0 Å². The van der Waals surface area contributed by atoms with Crippen LogP contribution in [-0.2, 0) is 4.79 Å². The van der Waals surface area contributed by atoms with E-state index in [0.29, 0.717) is 11.1 Å². The molecule has 0 bridgehead atoms. The summed E-state index contributed by atoms with van der Waals surface area (Å²) >= 11 is 6.01. The lowest BCUT2D eigenvalue weighted by molar-refractivity contribution is -0.130. The van der Waals surface area contributed by atoms with Crippen molar-refractivity contribution in [2.45, 2.75) is 38.0 Å². The summed E-state index contributed by atoms with van der Waals surface area (Å²) in [5.41, 5.74) is 1.07. The zero-order valence-electron chi connectivity index (χ0n) is 9.69. The number of benzene rings is 1. The monoisotopic (exact) mass is 250 g/mol. The third-order valence-corrected chi connectivity index (χ3v) is 3.65. The molecule has 1 heterocycles. The van der Waals surface area contributed by atoms with Gasteiger partial charge in [-0.1, -0.05) is 23.7 Å². The Hall–Kier alpha value is -1.06. The first-order valence-electron chi connectivity index (χ1n) is 6.00. The number of carbonyl (C=O) groups is 1. The lowest BCUT2D eigenvalue weighted by atomic mass is 10.1. The van der Waals surface area contributed by atoms with Crippen LogP contribution in [0.3, 0.4) is 0 Å². The summed E-state index contributed by atoms with van der Waals surface area (Å²) in [6.07, 6.45) is 2.23. The molecule has 0 spiro atoms. The first-order valence-corrected chi connectivity index (χ1v) is 6.38. The van der Waals surface area contributed by atoms with E-state index in [4.69, 9.17) is 11.6 Å². The van der Waals surface area contributed by atoms with Crippen LogP contribution in [-0.4, -0.2) is 22.9 Å². The molecule has 2 atom stereocenters. The Labute approximate surface area is 106 Å². The van der Waals surface area contributed by atoms with E-state index in [1.807, 2.05) is 36.1 Å². The van der Waals surface area contributed by atoms with Gasteiger partial charge in [0.2, 0.25) is 5.91 Å². The molecule has 1 aliphatic carbocycles. The highest BCUT2D eigenvalue weighted by atomic mass is 35.5. The van der Waals surface area contributed by atoms with Crippen LogP contribution in [0.2, 0.25) is 5.02 Å². The molecule has 2 aliphatic rings. The van der Waals surface area contributed by atoms with Gasteiger partial charge < -0.3 is 4.90 Å². The van der Waals surface area contributed by atoms with Gasteiger partial charge >= 0.3 is 0 Å². The number of hydrogen-bond acceptors (Lipinski definition) is 2. The fourth-order valence-corrected chi connectivity index (χ4v) is 2.61. The number of carbonyl (C=O) groups excluding carboxylic acids is 1. The quantitative estimate of drug-likeness (QED) is 0.874. The summed E-state index contributed by atoms with van der Waals surface area (Å²) in [5.74, 6) is 0.206. The Kier molecular flexibility index (Phi) is 2.60. The maximum Gasteiger partial charge on any atom is 0.241 e. The average Bonchev–Trinajstić information content (AvgIpc) is 3.08. The highest BCUT2D eigenvalue weighted by Crippen LogP contribution is 2.37. The number of rotatable bonds is 2. The van der Waals surface area contributed by atoms with Gasteiger partial charge in [0.1, 0.15) is 6.17 Å². The summed E-state index contributed by atoms with van der Waals surface area (Å²) in [4.78, 5) is 14.1. The second-order valence-corrected chi connectivity index (χ2v) is 5.26. The second-order valence-electron chi connectivity index (χ2n) is 4.82. The van der Waals surface area contributed by atoms with Gasteiger partial charge in [-0.15, -0.1) is 0 Å². The summed E-state index contributed by atoms with van der Waals surface area (Å²) in [6, 6.07) is 8.05. The fourth-order valence-electron chi connectivity index (χ4n) is 2.42. The van der Waals surface area contributed by atoms with Gasteiger partial charge in [0.25, 0.3) is 0 Å². The molecule has 0 aromatic heterocycles. The van der Waals surface area contributed by atoms with Gasteiger partial charge in [-0.25, -0.2) is 0 Å². The molecule has 2 unspecified atom stereocenters. The van der Waals surface area contributed by atoms with E-state index in [1.165, 1.54) is 0 Å². The van der Waals surface area contributed by atoms with Crippen LogP contribution in [0.25, 0.3) is 0 Å². The van der Waals surface area contributed by atoms with Crippen LogP contribution in [0.1, 0.15) is 31.5 Å². The van der Waals surface area contributed by atoms with Crippen molar-refractivity contribution < 1.29 is 4.79 Å². The summed E-state index contributed by atoms with van der Waals surface area (Å²) < 4.78 is 0. The fraction of sp³-hybridized carbons (Fsp3) is 0.462. The molecule has 3 nitrogen and oxygen atoms in total. The van der Waals surface area contributed by atoms with Crippen molar-refractivity contribution >= 4 is 17.5 Å². The van der Waals surface area contributed by atoms with E-state index >= 15 is 0 Å². The van der Waals surface area contributed by atoms with E-state index in [9.17, 15) is 4.79 Å². The third kappa shape index (κ3) is 1.94. The second kappa shape index (κ2) is 4.00. The standard InChI is InChI=1S/C13H15ClN2O/c1-8-13(17)16(11-5-6-11)12(15-8)9-3-2-4-10(14)7-9/h2-4,7-8,11-12,15H,5-6H2,1H3. The first-order chi connectivity index (χ1) is 8.16. The van der Waals surface area contributed by atoms with Crippen molar-refractivity contribution in [1.82, 2.24) is 10.2 Å². The minimum absolute atomic E-state index is 0.0105. The van der Waals surface area contributed by atoms with Gasteiger partial charge in [0.15, 0.2) is 0 Å². The molecule has 1 saturated heterocycles. The Balaban J connectivity index is 1.93. The molecule has 1 aromatic carbocycles. The minimum atomic E-state index is -0.0976. The van der Waals surface area contributed by atoms with Gasteiger partial charge in [-0.3, -0.25) is 10.1 Å². The Bertz CT molecular complexity index is 458. The van der Waals surface area contributed by atoms with E-state index < -0.39 is 0 Å². The summed E-state index contributed by atoms with van der Waals surface area (Å²) in [7, 11) is 0. The Morgan fingerprint density at radius 2 is 2.18 bits per heavy atom. The topological polar surface area (TPSA) is 32.3 Å². The number of nitrogens with zero attached hydrogens (tertiary/aromatic N) is 1. The number of nitrogens with one attached hydrogen (secondary N) is 1. The predicted octanol–water partition coefficient (Wildman–Crippen LogP) is 2.32. The molecule has 1 saturated carbocycles. The molecule has 17 heavy (non-hydrogen) atoms. The van der Waals surface area contributed by atoms with Crippen LogP contribution < -0.4 is 5.32 Å². The Morgan fingerprint density at radius 1 is 1.41 bits per heavy atom. The molecule has 0 radical (unpaired) electrons. The average molecular weight is 251 g/mol. The van der Waals surface area contributed by atoms with Gasteiger partial charge in [-0.05, 0) is 37.5 Å². The third-order valence-electron chi connectivity index (χ3n) is 3.42. The lowest BCUT2D eigenvalue weighted by Crippen LogP contribution is -2.32. The Morgan fingerprint density at radius 3 is 2.82 bits per heavy atom. The molecular formula is C13H15ClN2O. The predicted molar refractivity (Wildman–Crippen MR) is 66.7 cm³/mol. The lowest BCUT2D eigenvalue weighted by Gasteiger charge is -2.24. The SMILES string of the molecule is CC1NC(c2cccc(Cl)c2)N(C2CC2)C1=O. The molecule has 1 aliphatic heterocycles. The normalized spacial score (nSPS) is 28.8. The summed E-state index contributed by atoms with van der Waals surface area (Å²) in [5, 5.41) is 4.05.